The molecular weight excluding hydrogens is 372 g/mol. The van der Waals surface area contributed by atoms with Gasteiger partial charge in [-0.2, -0.15) is 5.10 Å². The minimum Gasteiger partial charge on any atom is -0.463 e. The highest BCUT2D eigenvalue weighted by Crippen LogP contribution is 2.38. The van der Waals surface area contributed by atoms with Gasteiger partial charge in [-0.25, -0.2) is 0 Å². The van der Waals surface area contributed by atoms with E-state index in [1.165, 1.54) is 0 Å². The van der Waals surface area contributed by atoms with Crippen LogP contribution < -0.4 is 5.01 Å². The number of halogens is 1. The van der Waals surface area contributed by atoms with Gasteiger partial charge in [0, 0.05) is 17.0 Å². The van der Waals surface area contributed by atoms with Crippen molar-refractivity contribution in [3.63, 3.8) is 0 Å². The Hall–Kier alpha value is -3.24. The molecule has 0 saturated heterocycles. The van der Waals surface area contributed by atoms with Crippen LogP contribution in [0, 0.1) is 0 Å². The predicted molar refractivity (Wildman–Crippen MR) is 111 cm³/mol. The molecule has 1 aliphatic heterocycles. The van der Waals surface area contributed by atoms with E-state index in [0.29, 0.717) is 11.4 Å². The van der Waals surface area contributed by atoms with E-state index in [2.05, 4.69) is 0 Å². The zero-order valence-corrected chi connectivity index (χ0v) is 15.7. The molecule has 0 spiro atoms. The summed E-state index contributed by atoms with van der Waals surface area (Å²) in [5.41, 5.74) is 2.91. The monoisotopic (exact) mass is 388 g/mol. The molecule has 0 aliphatic carbocycles. The third-order valence-corrected chi connectivity index (χ3v) is 5.07. The lowest BCUT2D eigenvalue weighted by Crippen LogP contribution is -2.17. The molecule has 0 fully saturated rings. The van der Waals surface area contributed by atoms with Crippen molar-refractivity contribution in [2.75, 3.05) is 5.01 Å². The molecule has 4 aromatic rings. The van der Waals surface area contributed by atoms with Crippen LogP contribution in [0.1, 0.15) is 24.0 Å². The zero-order chi connectivity index (χ0) is 18.9. The highest BCUT2D eigenvalue weighted by Gasteiger charge is 2.33. The molecule has 1 aliphatic rings. The van der Waals surface area contributed by atoms with E-state index in [-0.39, 0.29) is 6.04 Å². The van der Waals surface area contributed by atoms with Gasteiger partial charge >= 0.3 is 0 Å². The maximum absolute atomic E-state index is 6.22. The molecule has 0 radical (unpaired) electrons. The maximum Gasteiger partial charge on any atom is 0.149 e. The van der Waals surface area contributed by atoms with Gasteiger partial charge in [0.2, 0.25) is 0 Å². The standard InChI is InChI=1S/C23H17ClN2O2/c24-17-10-8-16(9-11-17)21-12-13-23(28-21)20-15-19(22-7-4-14-27-22)25-26(20)18-5-2-1-3-6-18/h1-14,20H,15H2/t20-/m0/s1. The quantitative estimate of drug-likeness (QED) is 0.398. The Morgan fingerprint density at radius 2 is 1.68 bits per heavy atom. The van der Waals surface area contributed by atoms with Crippen molar-refractivity contribution in [2.24, 2.45) is 5.10 Å². The number of hydrogen-bond donors (Lipinski definition) is 0. The van der Waals surface area contributed by atoms with Crippen molar-refractivity contribution in [1.82, 2.24) is 0 Å². The molecule has 5 rings (SSSR count). The van der Waals surface area contributed by atoms with Crippen LogP contribution in [0.3, 0.4) is 0 Å². The van der Waals surface area contributed by atoms with Gasteiger partial charge in [-0.3, -0.25) is 5.01 Å². The van der Waals surface area contributed by atoms with Gasteiger partial charge in [-0.05, 0) is 60.7 Å². The summed E-state index contributed by atoms with van der Waals surface area (Å²) < 4.78 is 11.8. The Balaban J connectivity index is 1.50. The number of benzene rings is 2. The minimum absolute atomic E-state index is 0.0384. The molecule has 28 heavy (non-hydrogen) atoms. The first-order valence-corrected chi connectivity index (χ1v) is 9.47. The van der Waals surface area contributed by atoms with Crippen molar-refractivity contribution in [3.05, 3.63) is 102 Å². The molecule has 0 saturated carbocycles. The summed E-state index contributed by atoms with van der Waals surface area (Å²) in [5.74, 6) is 2.46. The first-order chi connectivity index (χ1) is 13.8. The lowest BCUT2D eigenvalue weighted by atomic mass is 10.1. The fourth-order valence-electron chi connectivity index (χ4n) is 3.44. The molecule has 1 atom stereocenters. The van der Waals surface area contributed by atoms with E-state index in [1.54, 1.807) is 6.26 Å². The van der Waals surface area contributed by atoms with Gasteiger partial charge in [0.05, 0.1) is 12.0 Å². The molecule has 0 N–H and O–H groups in total. The van der Waals surface area contributed by atoms with Gasteiger partial charge in [0.15, 0.2) is 0 Å². The SMILES string of the molecule is Clc1ccc(-c2ccc([C@@H]3CC(c4ccco4)=NN3c3ccccc3)o2)cc1. The fraction of sp³-hybridized carbons (Fsp3) is 0.0870. The van der Waals surface area contributed by atoms with Crippen molar-refractivity contribution < 1.29 is 8.83 Å². The lowest BCUT2D eigenvalue weighted by molar-refractivity contribution is 0.474. The van der Waals surface area contributed by atoms with Crippen LogP contribution in [-0.2, 0) is 0 Å². The molecule has 138 valence electrons. The van der Waals surface area contributed by atoms with E-state index in [9.17, 15) is 0 Å². The number of furan rings is 2. The number of hydrogen-bond acceptors (Lipinski definition) is 4. The van der Waals surface area contributed by atoms with Crippen LogP contribution in [0.4, 0.5) is 5.69 Å². The number of nitrogens with zero attached hydrogens (tertiary/aromatic N) is 2. The average Bonchev–Trinajstić information content (AvgIpc) is 3.48. The first-order valence-electron chi connectivity index (χ1n) is 9.09. The molecule has 4 nitrogen and oxygen atoms in total. The van der Waals surface area contributed by atoms with Crippen molar-refractivity contribution >= 4 is 23.0 Å². The van der Waals surface area contributed by atoms with Gasteiger partial charge in [0.25, 0.3) is 0 Å². The Labute approximate surface area is 167 Å². The van der Waals surface area contributed by atoms with Crippen LogP contribution >= 0.6 is 11.6 Å². The molecule has 5 heteroatoms. The molecule has 2 aromatic carbocycles. The number of rotatable bonds is 4. The molecule has 0 amide bonds. The summed E-state index contributed by atoms with van der Waals surface area (Å²) in [7, 11) is 0. The normalized spacial score (nSPS) is 16.4. The third kappa shape index (κ3) is 3.12. The number of anilines is 1. The van der Waals surface area contributed by atoms with Crippen LogP contribution in [0.25, 0.3) is 11.3 Å². The summed E-state index contributed by atoms with van der Waals surface area (Å²) >= 11 is 6.00. The Morgan fingerprint density at radius 1 is 0.857 bits per heavy atom. The van der Waals surface area contributed by atoms with E-state index in [0.717, 1.165) is 34.2 Å². The summed E-state index contributed by atoms with van der Waals surface area (Å²) in [5, 5.41) is 7.54. The summed E-state index contributed by atoms with van der Waals surface area (Å²) in [4.78, 5) is 0. The maximum atomic E-state index is 6.22. The van der Waals surface area contributed by atoms with Crippen molar-refractivity contribution in [2.45, 2.75) is 12.5 Å². The Bertz CT molecular complexity index is 1100. The minimum atomic E-state index is -0.0384. The topological polar surface area (TPSA) is 41.9 Å². The van der Waals surface area contributed by atoms with E-state index in [4.69, 9.17) is 25.5 Å². The van der Waals surface area contributed by atoms with Crippen LogP contribution in [-0.4, -0.2) is 5.71 Å². The highest BCUT2D eigenvalue weighted by atomic mass is 35.5. The molecular formula is C23H17ClN2O2. The van der Waals surface area contributed by atoms with Crippen molar-refractivity contribution in [3.8, 4) is 11.3 Å². The first kappa shape index (κ1) is 16.9. The highest BCUT2D eigenvalue weighted by molar-refractivity contribution is 6.30. The second-order valence-corrected chi connectivity index (χ2v) is 7.07. The molecule has 0 bridgehead atoms. The number of para-hydroxylation sites is 1. The Morgan fingerprint density at radius 3 is 2.43 bits per heavy atom. The second-order valence-electron chi connectivity index (χ2n) is 6.63. The van der Waals surface area contributed by atoms with Crippen LogP contribution in [0.15, 0.2) is 99.1 Å². The van der Waals surface area contributed by atoms with Crippen LogP contribution in [0.5, 0.6) is 0 Å². The summed E-state index contributed by atoms with van der Waals surface area (Å²) in [6.07, 6.45) is 2.37. The largest absolute Gasteiger partial charge is 0.463 e. The fourth-order valence-corrected chi connectivity index (χ4v) is 3.57. The number of hydrazone groups is 1. The molecule has 2 aromatic heterocycles. The zero-order valence-electron chi connectivity index (χ0n) is 15.0. The van der Waals surface area contributed by atoms with Crippen molar-refractivity contribution in [1.29, 1.82) is 0 Å². The van der Waals surface area contributed by atoms with Gasteiger partial charge in [-0.15, -0.1) is 0 Å². The van der Waals surface area contributed by atoms with E-state index < -0.39 is 0 Å². The smallest absolute Gasteiger partial charge is 0.149 e. The van der Waals surface area contributed by atoms with Crippen LogP contribution in [0.2, 0.25) is 5.02 Å². The second kappa shape index (κ2) is 7.06. The molecule has 3 heterocycles. The molecule has 0 unspecified atom stereocenters. The third-order valence-electron chi connectivity index (χ3n) is 4.82. The van der Waals surface area contributed by atoms with E-state index in [1.807, 2.05) is 83.9 Å². The lowest BCUT2D eigenvalue weighted by Gasteiger charge is -2.21. The van der Waals surface area contributed by atoms with Gasteiger partial charge < -0.3 is 8.83 Å². The summed E-state index contributed by atoms with van der Waals surface area (Å²) in [6.45, 7) is 0. The van der Waals surface area contributed by atoms with Gasteiger partial charge in [-0.1, -0.05) is 29.8 Å². The predicted octanol–water partition coefficient (Wildman–Crippen LogP) is 6.55. The van der Waals surface area contributed by atoms with Gasteiger partial charge in [0.1, 0.15) is 29.0 Å². The Kier molecular flexibility index (Phi) is 4.26. The summed E-state index contributed by atoms with van der Waals surface area (Å²) in [6, 6.07) is 25.5. The average molecular weight is 389 g/mol. The van der Waals surface area contributed by atoms with E-state index >= 15 is 0 Å².